The van der Waals surface area contributed by atoms with E-state index in [9.17, 15) is 0 Å². The number of likely N-dealkylation sites (tertiary alicyclic amines) is 1. The second-order valence-corrected chi connectivity index (χ2v) is 5.76. The molecule has 0 amide bonds. The fourth-order valence-electron chi connectivity index (χ4n) is 3.12. The van der Waals surface area contributed by atoms with Crippen LogP contribution in [-0.4, -0.2) is 23.0 Å². The van der Waals surface area contributed by atoms with E-state index >= 15 is 0 Å². The number of halogens is 1. The summed E-state index contributed by atoms with van der Waals surface area (Å²) in [6, 6.07) is 5.93. The van der Waals surface area contributed by atoms with Crippen molar-refractivity contribution in [3.63, 3.8) is 0 Å². The van der Waals surface area contributed by atoms with Crippen molar-refractivity contribution in [2.45, 2.75) is 31.9 Å². The van der Waals surface area contributed by atoms with Gasteiger partial charge in [0.05, 0.1) is 0 Å². The van der Waals surface area contributed by atoms with Gasteiger partial charge in [0.25, 0.3) is 0 Å². The number of rotatable bonds is 2. The SMILES string of the molecule is CCCN1CCCC12OC(=S)c1cc(Cl)ccc12. The van der Waals surface area contributed by atoms with Crippen molar-refractivity contribution < 1.29 is 4.74 Å². The lowest BCUT2D eigenvalue weighted by Gasteiger charge is -2.34. The highest BCUT2D eigenvalue weighted by atomic mass is 35.5. The van der Waals surface area contributed by atoms with E-state index in [0.717, 1.165) is 42.9 Å². The molecule has 1 unspecified atom stereocenters. The van der Waals surface area contributed by atoms with Gasteiger partial charge in [-0.3, -0.25) is 4.90 Å². The van der Waals surface area contributed by atoms with E-state index in [1.54, 1.807) is 0 Å². The van der Waals surface area contributed by atoms with Gasteiger partial charge in [-0.1, -0.05) is 24.6 Å². The Kier molecular flexibility index (Phi) is 3.08. The molecular formula is C14H16ClNOS. The van der Waals surface area contributed by atoms with Crippen LogP contribution in [-0.2, 0) is 10.5 Å². The average molecular weight is 282 g/mol. The molecule has 0 aliphatic carbocycles. The summed E-state index contributed by atoms with van der Waals surface area (Å²) in [4.78, 5) is 2.42. The number of benzene rings is 1. The molecule has 1 aromatic carbocycles. The minimum absolute atomic E-state index is 0.312. The van der Waals surface area contributed by atoms with Crippen LogP contribution in [0.2, 0.25) is 5.02 Å². The molecule has 0 bridgehead atoms. The van der Waals surface area contributed by atoms with Gasteiger partial charge in [-0.25, -0.2) is 0 Å². The Labute approximate surface area is 118 Å². The van der Waals surface area contributed by atoms with E-state index in [-0.39, 0.29) is 5.72 Å². The lowest BCUT2D eigenvalue weighted by atomic mass is 9.97. The molecule has 1 saturated heterocycles. The molecule has 3 rings (SSSR count). The molecule has 0 N–H and O–H groups in total. The second-order valence-electron chi connectivity index (χ2n) is 4.95. The Balaban J connectivity index is 2.08. The summed E-state index contributed by atoms with van der Waals surface area (Å²) in [6.45, 7) is 4.32. The Morgan fingerprint density at radius 3 is 3.11 bits per heavy atom. The highest BCUT2D eigenvalue weighted by molar-refractivity contribution is 7.80. The standard InChI is InChI=1S/C14H16ClNOS/c1-2-7-16-8-3-6-14(16)12-5-4-10(15)9-11(12)13(18)17-14/h4-5,9H,2-3,6-8H2,1H3. The molecule has 1 spiro atoms. The van der Waals surface area contributed by atoms with Crippen LogP contribution < -0.4 is 0 Å². The average Bonchev–Trinajstić information content (AvgIpc) is 2.85. The maximum absolute atomic E-state index is 6.10. The van der Waals surface area contributed by atoms with Crippen molar-refractivity contribution in [1.29, 1.82) is 0 Å². The maximum Gasteiger partial charge on any atom is 0.194 e. The number of hydrogen-bond donors (Lipinski definition) is 0. The molecule has 1 atom stereocenters. The smallest absolute Gasteiger partial charge is 0.194 e. The van der Waals surface area contributed by atoms with Gasteiger partial charge in [-0.05, 0) is 37.2 Å². The van der Waals surface area contributed by atoms with Crippen molar-refractivity contribution in [2.75, 3.05) is 13.1 Å². The third-order valence-electron chi connectivity index (χ3n) is 3.83. The molecular weight excluding hydrogens is 266 g/mol. The molecule has 1 fully saturated rings. The van der Waals surface area contributed by atoms with Crippen molar-refractivity contribution in [3.8, 4) is 0 Å². The minimum atomic E-state index is -0.312. The van der Waals surface area contributed by atoms with E-state index < -0.39 is 0 Å². The Morgan fingerprint density at radius 1 is 1.50 bits per heavy atom. The van der Waals surface area contributed by atoms with Crippen molar-refractivity contribution in [1.82, 2.24) is 4.90 Å². The number of hydrogen-bond acceptors (Lipinski definition) is 3. The quantitative estimate of drug-likeness (QED) is 0.767. The van der Waals surface area contributed by atoms with Gasteiger partial charge < -0.3 is 4.74 Å². The van der Waals surface area contributed by atoms with Crippen molar-refractivity contribution in [2.24, 2.45) is 0 Å². The molecule has 18 heavy (non-hydrogen) atoms. The lowest BCUT2D eigenvalue weighted by molar-refractivity contribution is -0.0609. The van der Waals surface area contributed by atoms with Gasteiger partial charge in [-0.15, -0.1) is 0 Å². The van der Waals surface area contributed by atoms with Crippen LogP contribution >= 0.6 is 23.8 Å². The van der Waals surface area contributed by atoms with E-state index in [2.05, 4.69) is 17.9 Å². The first-order chi connectivity index (χ1) is 8.67. The molecule has 2 heterocycles. The molecule has 0 radical (unpaired) electrons. The topological polar surface area (TPSA) is 12.5 Å². The summed E-state index contributed by atoms with van der Waals surface area (Å²) in [5, 5.41) is 1.31. The second kappa shape index (κ2) is 4.48. The summed E-state index contributed by atoms with van der Waals surface area (Å²) < 4.78 is 6.10. The van der Waals surface area contributed by atoms with E-state index in [4.69, 9.17) is 28.6 Å². The van der Waals surface area contributed by atoms with E-state index in [0.29, 0.717) is 5.05 Å². The molecule has 0 saturated carbocycles. The fraction of sp³-hybridized carbons (Fsp3) is 0.500. The first-order valence-corrected chi connectivity index (χ1v) is 7.24. The van der Waals surface area contributed by atoms with E-state index in [1.807, 2.05) is 12.1 Å². The monoisotopic (exact) mass is 281 g/mol. The molecule has 1 aromatic rings. The Morgan fingerprint density at radius 2 is 2.33 bits per heavy atom. The number of fused-ring (bicyclic) bond motifs is 2. The van der Waals surface area contributed by atoms with Gasteiger partial charge in [0.2, 0.25) is 0 Å². The van der Waals surface area contributed by atoms with Crippen LogP contribution in [0.5, 0.6) is 0 Å². The zero-order chi connectivity index (χ0) is 12.8. The van der Waals surface area contributed by atoms with Crippen LogP contribution in [0, 0.1) is 0 Å². The van der Waals surface area contributed by atoms with Crippen LogP contribution in [0.15, 0.2) is 18.2 Å². The highest BCUT2D eigenvalue weighted by Crippen LogP contribution is 2.47. The predicted octanol–water partition coefficient (Wildman–Crippen LogP) is 3.70. The summed E-state index contributed by atoms with van der Waals surface area (Å²) in [6.07, 6.45) is 3.30. The van der Waals surface area contributed by atoms with Crippen LogP contribution in [0.1, 0.15) is 37.3 Å². The summed E-state index contributed by atoms with van der Waals surface area (Å²) >= 11 is 11.4. The summed E-state index contributed by atoms with van der Waals surface area (Å²) in [5.74, 6) is 0. The Bertz CT molecular complexity index is 505. The Hall–Kier alpha value is -0.640. The van der Waals surface area contributed by atoms with Crippen LogP contribution in [0.3, 0.4) is 0 Å². The molecule has 0 aromatic heterocycles. The van der Waals surface area contributed by atoms with Gasteiger partial charge in [0.15, 0.2) is 10.8 Å². The van der Waals surface area contributed by atoms with Crippen molar-refractivity contribution >= 4 is 28.9 Å². The zero-order valence-electron chi connectivity index (χ0n) is 10.4. The third-order valence-corrected chi connectivity index (χ3v) is 4.37. The lowest BCUT2D eigenvalue weighted by Crippen LogP contribution is -2.41. The number of ether oxygens (including phenoxy) is 1. The van der Waals surface area contributed by atoms with Crippen LogP contribution in [0.4, 0.5) is 0 Å². The molecule has 2 aliphatic rings. The third kappa shape index (κ3) is 1.68. The molecule has 4 heteroatoms. The first-order valence-electron chi connectivity index (χ1n) is 6.46. The van der Waals surface area contributed by atoms with Gasteiger partial charge in [0.1, 0.15) is 0 Å². The normalized spacial score (nSPS) is 26.7. The van der Waals surface area contributed by atoms with Gasteiger partial charge in [0, 0.05) is 35.7 Å². The molecule has 2 aliphatic heterocycles. The summed E-state index contributed by atoms with van der Waals surface area (Å²) in [5.41, 5.74) is 1.89. The van der Waals surface area contributed by atoms with Crippen molar-refractivity contribution in [3.05, 3.63) is 34.3 Å². The fourth-order valence-corrected chi connectivity index (χ4v) is 3.60. The predicted molar refractivity (Wildman–Crippen MR) is 77.0 cm³/mol. The van der Waals surface area contributed by atoms with Gasteiger partial charge in [-0.2, -0.15) is 0 Å². The van der Waals surface area contributed by atoms with Gasteiger partial charge >= 0.3 is 0 Å². The highest BCUT2D eigenvalue weighted by Gasteiger charge is 2.50. The molecule has 2 nitrogen and oxygen atoms in total. The summed E-state index contributed by atoms with van der Waals surface area (Å²) in [7, 11) is 0. The maximum atomic E-state index is 6.10. The zero-order valence-corrected chi connectivity index (χ0v) is 12.0. The largest absolute Gasteiger partial charge is 0.457 e. The molecule has 96 valence electrons. The minimum Gasteiger partial charge on any atom is -0.457 e. The van der Waals surface area contributed by atoms with Crippen LogP contribution in [0.25, 0.3) is 0 Å². The van der Waals surface area contributed by atoms with E-state index in [1.165, 1.54) is 5.56 Å². The number of nitrogens with zero attached hydrogens (tertiary/aromatic N) is 1. The first kappa shape index (κ1) is 12.4. The number of thiocarbonyl (C=S) groups is 1.